The summed E-state index contributed by atoms with van der Waals surface area (Å²) >= 11 is 0. The highest BCUT2D eigenvalue weighted by atomic mass is 16.5. The molecule has 102 valence electrons. The van der Waals surface area contributed by atoms with Crippen molar-refractivity contribution < 1.29 is 24.2 Å². The molecule has 0 saturated heterocycles. The maximum atomic E-state index is 12.0. The highest BCUT2D eigenvalue weighted by Crippen LogP contribution is 2.36. The Balaban J connectivity index is 2.18. The van der Waals surface area contributed by atoms with Gasteiger partial charge in [-0.05, 0) is 31.0 Å². The van der Waals surface area contributed by atoms with Crippen LogP contribution in [0.5, 0.6) is 11.5 Å². The predicted molar refractivity (Wildman–Crippen MR) is 66.6 cm³/mol. The molecule has 19 heavy (non-hydrogen) atoms. The molecular weight excluding hydrogens is 250 g/mol. The fraction of sp³-hybridized carbons (Fsp3) is 0.385. The number of carboxylic acid groups (broad SMARTS) is 1. The van der Waals surface area contributed by atoms with E-state index in [1.807, 2.05) is 0 Å². The van der Waals surface area contributed by atoms with Crippen LogP contribution in [0.1, 0.15) is 23.2 Å². The van der Waals surface area contributed by atoms with Crippen LogP contribution in [-0.2, 0) is 4.79 Å². The summed E-state index contributed by atoms with van der Waals surface area (Å²) in [4.78, 5) is 23.0. The average Bonchev–Trinajstić information content (AvgIpc) is 3.18. The standard InChI is InChI=1S/C13H15NO5/c1-18-9-4-3-8(7-10(9)19-2)11(15)14-13(5-6-13)12(16)17/h3-4,7H,5-6H2,1-2H3,(H,14,15)(H,16,17). The number of benzene rings is 1. The number of ether oxygens (including phenoxy) is 2. The van der Waals surface area contributed by atoms with Crippen LogP contribution < -0.4 is 14.8 Å². The molecule has 0 atom stereocenters. The molecule has 0 spiro atoms. The van der Waals surface area contributed by atoms with Gasteiger partial charge in [0.15, 0.2) is 11.5 Å². The first-order valence-corrected chi connectivity index (χ1v) is 5.80. The van der Waals surface area contributed by atoms with Crippen molar-refractivity contribution in [2.75, 3.05) is 14.2 Å². The molecule has 6 heteroatoms. The Kier molecular flexibility index (Phi) is 3.33. The minimum atomic E-state index is -1.09. The monoisotopic (exact) mass is 265 g/mol. The molecule has 1 fully saturated rings. The summed E-state index contributed by atoms with van der Waals surface area (Å²) < 4.78 is 10.2. The molecule has 1 aromatic rings. The lowest BCUT2D eigenvalue weighted by Gasteiger charge is -2.13. The zero-order chi connectivity index (χ0) is 14.0. The summed E-state index contributed by atoms with van der Waals surface area (Å²) in [6.45, 7) is 0. The molecule has 1 saturated carbocycles. The molecule has 6 nitrogen and oxygen atoms in total. The largest absolute Gasteiger partial charge is 0.493 e. The number of nitrogens with one attached hydrogen (secondary N) is 1. The van der Waals surface area contributed by atoms with E-state index in [2.05, 4.69) is 5.32 Å². The molecule has 0 unspecified atom stereocenters. The van der Waals surface area contributed by atoms with Gasteiger partial charge in [-0.2, -0.15) is 0 Å². The average molecular weight is 265 g/mol. The first-order chi connectivity index (χ1) is 9.02. The predicted octanol–water partition coefficient (Wildman–Crippen LogP) is 1.05. The highest BCUT2D eigenvalue weighted by molar-refractivity contribution is 5.99. The van der Waals surface area contributed by atoms with Gasteiger partial charge >= 0.3 is 5.97 Å². The summed E-state index contributed by atoms with van der Waals surface area (Å²) in [5.41, 5.74) is -0.755. The number of rotatable bonds is 5. The van der Waals surface area contributed by atoms with E-state index in [1.165, 1.54) is 20.3 Å². The minimum Gasteiger partial charge on any atom is -0.493 e. The van der Waals surface area contributed by atoms with Gasteiger partial charge in [0.1, 0.15) is 5.54 Å². The normalized spacial score (nSPS) is 15.5. The number of amides is 1. The number of methoxy groups -OCH3 is 2. The van der Waals surface area contributed by atoms with Crippen molar-refractivity contribution >= 4 is 11.9 Å². The Morgan fingerprint density at radius 3 is 2.32 bits per heavy atom. The van der Waals surface area contributed by atoms with E-state index in [1.54, 1.807) is 12.1 Å². The molecule has 0 bridgehead atoms. The Hall–Kier alpha value is -2.24. The van der Waals surface area contributed by atoms with E-state index in [9.17, 15) is 9.59 Å². The molecule has 0 aromatic heterocycles. The van der Waals surface area contributed by atoms with E-state index < -0.39 is 17.4 Å². The zero-order valence-corrected chi connectivity index (χ0v) is 10.7. The van der Waals surface area contributed by atoms with Gasteiger partial charge in [-0.1, -0.05) is 0 Å². The number of carboxylic acids is 1. The van der Waals surface area contributed by atoms with E-state index >= 15 is 0 Å². The molecule has 0 heterocycles. The van der Waals surface area contributed by atoms with Gasteiger partial charge in [0, 0.05) is 5.56 Å². The fourth-order valence-corrected chi connectivity index (χ4v) is 1.78. The minimum absolute atomic E-state index is 0.338. The van der Waals surface area contributed by atoms with Crippen LogP contribution in [0, 0.1) is 0 Å². The van der Waals surface area contributed by atoms with E-state index in [4.69, 9.17) is 14.6 Å². The Morgan fingerprint density at radius 1 is 1.21 bits per heavy atom. The van der Waals surface area contributed by atoms with Gasteiger partial charge in [0.05, 0.1) is 14.2 Å². The van der Waals surface area contributed by atoms with Gasteiger partial charge < -0.3 is 19.9 Å². The summed E-state index contributed by atoms with van der Waals surface area (Å²) in [5.74, 6) is -0.490. The lowest BCUT2D eigenvalue weighted by Crippen LogP contribution is -2.43. The van der Waals surface area contributed by atoms with Gasteiger partial charge in [-0.15, -0.1) is 0 Å². The number of aliphatic carboxylic acids is 1. The summed E-state index contributed by atoms with van der Waals surface area (Å²) in [5, 5.41) is 11.6. The van der Waals surface area contributed by atoms with Crippen molar-refractivity contribution in [3.8, 4) is 11.5 Å². The van der Waals surface area contributed by atoms with Crippen LogP contribution in [-0.4, -0.2) is 36.7 Å². The second kappa shape index (κ2) is 4.79. The van der Waals surface area contributed by atoms with Crippen molar-refractivity contribution in [1.82, 2.24) is 5.32 Å². The fourth-order valence-electron chi connectivity index (χ4n) is 1.78. The Labute approximate surface area is 110 Å². The lowest BCUT2D eigenvalue weighted by molar-refractivity contribution is -0.140. The third-order valence-electron chi connectivity index (χ3n) is 3.16. The third kappa shape index (κ3) is 2.47. The van der Waals surface area contributed by atoms with Gasteiger partial charge in [0.2, 0.25) is 0 Å². The number of hydrogen-bond donors (Lipinski definition) is 2. The molecular formula is C13H15NO5. The van der Waals surface area contributed by atoms with E-state index in [0.29, 0.717) is 29.9 Å². The Bertz CT molecular complexity index is 522. The topological polar surface area (TPSA) is 84.9 Å². The highest BCUT2D eigenvalue weighted by Gasteiger charge is 2.51. The molecule has 2 rings (SSSR count). The molecule has 0 radical (unpaired) electrons. The maximum absolute atomic E-state index is 12.0. The van der Waals surface area contributed by atoms with E-state index in [0.717, 1.165) is 0 Å². The van der Waals surface area contributed by atoms with Crippen molar-refractivity contribution in [1.29, 1.82) is 0 Å². The van der Waals surface area contributed by atoms with Crippen LogP contribution in [0.15, 0.2) is 18.2 Å². The van der Waals surface area contributed by atoms with Crippen molar-refractivity contribution in [3.63, 3.8) is 0 Å². The summed E-state index contributed by atoms with van der Waals surface area (Å²) in [6, 6.07) is 4.69. The first-order valence-electron chi connectivity index (χ1n) is 5.80. The van der Waals surface area contributed by atoms with Crippen molar-refractivity contribution in [2.24, 2.45) is 0 Å². The zero-order valence-electron chi connectivity index (χ0n) is 10.7. The van der Waals surface area contributed by atoms with Crippen molar-refractivity contribution in [2.45, 2.75) is 18.4 Å². The van der Waals surface area contributed by atoms with Crippen LogP contribution in [0.25, 0.3) is 0 Å². The Morgan fingerprint density at radius 2 is 1.84 bits per heavy atom. The molecule has 1 amide bonds. The SMILES string of the molecule is COc1ccc(C(=O)NC2(C(=O)O)CC2)cc1OC. The molecule has 1 aromatic carbocycles. The number of carbonyl (C=O) groups is 2. The second-order valence-corrected chi connectivity index (χ2v) is 4.41. The second-order valence-electron chi connectivity index (χ2n) is 4.41. The maximum Gasteiger partial charge on any atom is 0.329 e. The lowest BCUT2D eigenvalue weighted by atomic mass is 10.1. The molecule has 0 aliphatic heterocycles. The van der Waals surface area contributed by atoms with Crippen LogP contribution in [0.3, 0.4) is 0 Å². The quantitative estimate of drug-likeness (QED) is 0.831. The molecule has 1 aliphatic rings. The van der Waals surface area contributed by atoms with E-state index in [-0.39, 0.29) is 0 Å². The van der Waals surface area contributed by atoms with Gasteiger partial charge in [-0.3, -0.25) is 4.79 Å². The van der Waals surface area contributed by atoms with Crippen LogP contribution in [0.2, 0.25) is 0 Å². The summed E-state index contributed by atoms with van der Waals surface area (Å²) in [7, 11) is 2.97. The van der Waals surface area contributed by atoms with Crippen molar-refractivity contribution in [3.05, 3.63) is 23.8 Å². The summed E-state index contributed by atoms with van der Waals surface area (Å²) in [6.07, 6.45) is 0.919. The van der Waals surface area contributed by atoms with Crippen LogP contribution >= 0.6 is 0 Å². The molecule has 2 N–H and O–H groups in total. The number of carbonyl (C=O) groups excluding carboxylic acids is 1. The number of hydrogen-bond acceptors (Lipinski definition) is 4. The third-order valence-corrected chi connectivity index (χ3v) is 3.16. The van der Waals surface area contributed by atoms with Gasteiger partial charge in [-0.25, -0.2) is 4.79 Å². The van der Waals surface area contributed by atoms with Crippen LogP contribution in [0.4, 0.5) is 0 Å². The smallest absolute Gasteiger partial charge is 0.329 e. The molecule has 1 aliphatic carbocycles. The van der Waals surface area contributed by atoms with Gasteiger partial charge in [0.25, 0.3) is 5.91 Å². The first kappa shape index (κ1) is 13.2.